The fourth-order valence-electron chi connectivity index (χ4n) is 3.82. The van der Waals surface area contributed by atoms with Gasteiger partial charge < -0.3 is 15.4 Å². The van der Waals surface area contributed by atoms with Crippen molar-refractivity contribution in [2.75, 3.05) is 27.2 Å². The van der Waals surface area contributed by atoms with Gasteiger partial charge in [-0.15, -0.1) is 24.0 Å². The average molecular weight is 459 g/mol. The summed E-state index contributed by atoms with van der Waals surface area (Å²) in [4.78, 5) is 11.2. The molecule has 1 aliphatic carbocycles. The highest BCUT2D eigenvalue weighted by Crippen LogP contribution is 2.26. The third-order valence-corrected chi connectivity index (χ3v) is 5.11. The molecule has 2 aliphatic rings. The second-order valence-electron chi connectivity index (χ2n) is 6.66. The van der Waals surface area contributed by atoms with Gasteiger partial charge in [0.15, 0.2) is 5.96 Å². The van der Waals surface area contributed by atoms with Crippen molar-refractivity contribution in [3.05, 3.63) is 23.9 Å². The van der Waals surface area contributed by atoms with Crippen LogP contribution >= 0.6 is 24.0 Å². The molecule has 1 saturated heterocycles. The van der Waals surface area contributed by atoms with Gasteiger partial charge in [-0.3, -0.25) is 9.89 Å². The Labute approximate surface area is 167 Å². The highest BCUT2D eigenvalue weighted by molar-refractivity contribution is 14.0. The molecule has 0 radical (unpaired) electrons. The molecule has 1 atom stereocenters. The summed E-state index contributed by atoms with van der Waals surface area (Å²) in [7, 11) is 3.47. The third-order valence-electron chi connectivity index (χ3n) is 5.11. The van der Waals surface area contributed by atoms with E-state index in [0.717, 1.165) is 24.1 Å². The van der Waals surface area contributed by atoms with Crippen molar-refractivity contribution in [1.82, 2.24) is 20.5 Å². The first-order chi connectivity index (χ1) is 11.8. The largest absolute Gasteiger partial charge is 0.481 e. The maximum absolute atomic E-state index is 5.30. The summed E-state index contributed by atoms with van der Waals surface area (Å²) in [5.41, 5.74) is 1.03. The van der Waals surface area contributed by atoms with Gasteiger partial charge in [0.25, 0.3) is 0 Å². The van der Waals surface area contributed by atoms with E-state index in [-0.39, 0.29) is 24.0 Å². The van der Waals surface area contributed by atoms with Crippen molar-refractivity contribution in [3.8, 4) is 5.88 Å². The lowest BCUT2D eigenvalue weighted by molar-refractivity contribution is 0.242. The number of methoxy groups -OCH3 is 1. The minimum absolute atomic E-state index is 0. The smallest absolute Gasteiger partial charge is 0.218 e. The molecule has 2 fully saturated rings. The number of rotatable bonds is 5. The molecule has 1 aromatic heterocycles. The van der Waals surface area contributed by atoms with E-state index in [9.17, 15) is 0 Å². The lowest BCUT2D eigenvalue weighted by Gasteiger charge is -2.24. The minimum atomic E-state index is 0. The van der Waals surface area contributed by atoms with Crippen LogP contribution in [-0.2, 0) is 6.54 Å². The van der Waals surface area contributed by atoms with Crippen LogP contribution in [0, 0.1) is 0 Å². The Kier molecular flexibility index (Phi) is 8.21. The van der Waals surface area contributed by atoms with Gasteiger partial charge in [0, 0.05) is 50.5 Å². The standard InChI is InChI=1S/C18H29N5O.HI/c1-19-18(21-12-14-6-5-10-20-17(14)24-2)22-15-9-11-23(13-15)16-7-3-4-8-16;/h5-6,10,15-16H,3-4,7-9,11-13H2,1-2H3,(H2,19,21,22);1H. The van der Waals surface area contributed by atoms with Crippen LogP contribution in [0.2, 0.25) is 0 Å². The topological polar surface area (TPSA) is 61.8 Å². The first-order valence-electron chi connectivity index (χ1n) is 8.99. The second kappa shape index (κ2) is 10.2. The molecule has 6 nitrogen and oxygen atoms in total. The summed E-state index contributed by atoms with van der Waals surface area (Å²) in [6.07, 6.45) is 8.48. The van der Waals surface area contributed by atoms with Gasteiger partial charge in [-0.1, -0.05) is 18.9 Å². The number of nitrogens with one attached hydrogen (secondary N) is 2. The number of aliphatic imine (C=N–C) groups is 1. The van der Waals surface area contributed by atoms with Crippen LogP contribution in [0.5, 0.6) is 5.88 Å². The number of halogens is 1. The Morgan fingerprint density at radius 1 is 1.36 bits per heavy atom. The Balaban J connectivity index is 0.00000225. The van der Waals surface area contributed by atoms with Crippen LogP contribution in [-0.4, -0.2) is 55.2 Å². The number of guanidine groups is 1. The van der Waals surface area contributed by atoms with Crippen molar-refractivity contribution in [2.24, 2.45) is 4.99 Å². The van der Waals surface area contributed by atoms with Gasteiger partial charge in [0.05, 0.1) is 7.11 Å². The number of pyridine rings is 1. The number of likely N-dealkylation sites (tertiary alicyclic amines) is 1. The molecule has 2 N–H and O–H groups in total. The van der Waals surface area contributed by atoms with E-state index in [1.165, 1.54) is 38.6 Å². The molecule has 3 rings (SSSR count). The van der Waals surface area contributed by atoms with Crippen LogP contribution in [0.15, 0.2) is 23.3 Å². The second-order valence-corrected chi connectivity index (χ2v) is 6.66. The molecule has 0 bridgehead atoms. The maximum atomic E-state index is 5.30. The molecule has 1 unspecified atom stereocenters. The monoisotopic (exact) mass is 459 g/mol. The maximum Gasteiger partial charge on any atom is 0.218 e. The summed E-state index contributed by atoms with van der Waals surface area (Å²) < 4.78 is 5.30. The zero-order valence-corrected chi connectivity index (χ0v) is 17.5. The van der Waals surface area contributed by atoms with Gasteiger partial charge >= 0.3 is 0 Å². The van der Waals surface area contributed by atoms with Crippen molar-refractivity contribution in [2.45, 2.75) is 50.7 Å². The van der Waals surface area contributed by atoms with E-state index in [0.29, 0.717) is 18.5 Å². The Morgan fingerprint density at radius 3 is 2.88 bits per heavy atom. The molecular weight excluding hydrogens is 429 g/mol. The van der Waals surface area contributed by atoms with E-state index < -0.39 is 0 Å². The van der Waals surface area contributed by atoms with E-state index >= 15 is 0 Å². The number of hydrogen-bond acceptors (Lipinski definition) is 4. The number of hydrogen-bond donors (Lipinski definition) is 2. The first-order valence-corrected chi connectivity index (χ1v) is 8.99. The predicted octanol–water partition coefficient (Wildman–Crippen LogP) is 2.39. The molecule has 7 heteroatoms. The number of nitrogens with zero attached hydrogens (tertiary/aromatic N) is 3. The van der Waals surface area contributed by atoms with Gasteiger partial charge in [-0.05, 0) is 25.3 Å². The number of ether oxygens (including phenoxy) is 1. The van der Waals surface area contributed by atoms with Gasteiger partial charge in [0.1, 0.15) is 0 Å². The fourth-order valence-corrected chi connectivity index (χ4v) is 3.82. The molecule has 0 spiro atoms. The quantitative estimate of drug-likeness (QED) is 0.403. The van der Waals surface area contributed by atoms with Crippen molar-refractivity contribution >= 4 is 29.9 Å². The molecule has 25 heavy (non-hydrogen) atoms. The van der Waals surface area contributed by atoms with Crippen LogP contribution < -0.4 is 15.4 Å². The molecule has 2 heterocycles. The normalized spacial score (nSPS) is 21.8. The Hall–Kier alpha value is -1.09. The molecular formula is C18H30IN5O. The fraction of sp³-hybridized carbons (Fsp3) is 0.667. The summed E-state index contributed by atoms with van der Waals surface area (Å²) in [5.74, 6) is 1.51. The molecule has 1 aliphatic heterocycles. The highest BCUT2D eigenvalue weighted by atomic mass is 127. The third kappa shape index (κ3) is 5.44. The van der Waals surface area contributed by atoms with Crippen LogP contribution in [0.3, 0.4) is 0 Å². The summed E-state index contributed by atoms with van der Waals surface area (Å²) in [6, 6.07) is 5.23. The minimum Gasteiger partial charge on any atom is -0.481 e. The van der Waals surface area contributed by atoms with Gasteiger partial charge in [-0.25, -0.2) is 4.98 Å². The Bertz CT molecular complexity index is 562. The van der Waals surface area contributed by atoms with Crippen molar-refractivity contribution in [1.29, 1.82) is 0 Å². The molecule has 0 aromatic carbocycles. The zero-order valence-electron chi connectivity index (χ0n) is 15.2. The molecule has 140 valence electrons. The highest BCUT2D eigenvalue weighted by Gasteiger charge is 2.30. The van der Waals surface area contributed by atoms with E-state index in [1.807, 2.05) is 19.2 Å². The van der Waals surface area contributed by atoms with E-state index in [4.69, 9.17) is 4.74 Å². The SMILES string of the molecule is CN=C(NCc1cccnc1OC)NC1CCN(C2CCCC2)C1.I. The molecule has 0 amide bonds. The van der Waals surface area contributed by atoms with Crippen LogP contribution in [0.25, 0.3) is 0 Å². The Morgan fingerprint density at radius 2 is 2.16 bits per heavy atom. The summed E-state index contributed by atoms with van der Waals surface area (Å²) in [5, 5.41) is 6.93. The van der Waals surface area contributed by atoms with Crippen LogP contribution in [0.4, 0.5) is 0 Å². The number of aromatic nitrogens is 1. The van der Waals surface area contributed by atoms with Crippen molar-refractivity contribution < 1.29 is 4.74 Å². The molecule has 1 aromatic rings. The van der Waals surface area contributed by atoms with E-state index in [1.54, 1.807) is 13.3 Å². The summed E-state index contributed by atoms with van der Waals surface area (Å²) in [6.45, 7) is 2.98. The summed E-state index contributed by atoms with van der Waals surface area (Å²) >= 11 is 0. The van der Waals surface area contributed by atoms with Crippen LogP contribution in [0.1, 0.15) is 37.7 Å². The molecule has 1 saturated carbocycles. The lowest BCUT2D eigenvalue weighted by atomic mass is 10.2. The first kappa shape index (κ1) is 20.2. The predicted molar refractivity (Wildman–Crippen MR) is 112 cm³/mol. The average Bonchev–Trinajstić information content (AvgIpc) is 3.30. The van der Waals surface area contributed by atoms with Gasteiger partial charge in [-0.2, -0.15) is 0 Å². The van der Waals surface area contributed by atoms with Crippen molar-refractivity contribution in [3.63, 3.8) is 0 Å². The van der Waals surface area contributed by atoms with E-state index in [2.05, 4.69) is 25.5 Å². The van der Waals surface area contributed by atoms with Gasteiger partial charge in [0.2, 0.25) is 5.88 Å². The lowest BCUT2D eigenvalue weighted by Crippen LogP contribution is -2.45. The zero-order chi connectivity index (χ0) is 16.8.